The van der Waals surface area contributed by atoms with E-state index in [1.807, 2.05) is 29.7 Å². The summed E-state index contributed by atoms with van der Waals surface area (Å²) in [5.74, 6) is 0.516. The Morgan fingerprint density at radius 2 is 1.97 bits per heavy atom. The molecule has 1 fully saturated rings. The first-order valence-electron chi connectivity index (χ1n) is 9.71. The summed E-state index contributed by atoms with van der Waals surface area (Å²) < 4.78 is 40.3. The molecule has 0 aliphatic heterocycles. The molecule has 10 heteroatoms. The second kappa shape index (κ2) is 7.90. The minimum absolute atomic E-state index is 0.204. The number of halogens is 4. The van der Waals surface area contributed by atoms with E-state index >= 15 is 0 Å². The number of imidazole rings is 1. The molecule has 1 aliphatic rings. The van der Waals surface area contributed by atoms with Crippen LogP contribution < -0.4 is 11.1 Å². The predicted molar refractivity (Wildman–Crippen MR) is 111 cm³/mol. The first-order valence-corrected chi connectivity index (χ1v) is 10.5. The second-order valence-corrected chi connectivity index (χ2v) is 8.79. The van der Waals surface area contributed by atoms with Crippen LogP contribution in [0.3, 0.4) is 0 Å². The zero-order valence-electron chi connectivity index (χ0n) is 16.4. The number of pyridine rings is 1. The molecule has 6 nitrogen and oxygen atoms in total. The van der Waals surface area contributed by atoms with Gasteiger partial charge in [-0.1, -0.05) is 0 Å². The van der Waals surface area contributed by atoms with Crippen LogP contribution in [0.1, 0.15) is 37.1 Å². The van der Waals surface area contributed by atoms with Gasteiger partial charge < -0.3 is 11.1 Å². The lowest BCUT2D eigenvalue weighted by molar-refractivity contribution is -0.126. The first-order chi connectivity index (χ1) is 14.1. The van der Waals surface area contributed by atoms with E-state index in [4.69, 9.17) is 10.7 Å². The number of aryl methyl sites for hydroxylation is 1. The van der Waals surface area contributed by atoms with Crippen molar-refractivity contribution in [3.63, 3.8) is 0 Å². The number of nitrogens with two attached hydrogens (primary N) is 1. The average molecular weight is 483 g/mol. The summed E-state index contributed by atoms with van der Waals surface area (Å²) in [6, 6.07) is 3.62. The SMILES string of the molecule is Cc1cnc(C2(N)CCC(NCC(F)(F)F)CC2)nc1-c1cnc2ccc(Br)cn12. The first kappa shape index (κ1) is 21.2. The number of nitrogens with zero attached hydrogens (tertiary/aromatic N) is 4. The highest BCUT2D eigenvalue weighted by molar-refractivity contribution is 9.10. The molecule has 0 saturated heterocycles. The third-order valence-electron chi connectivity index (χ3n) is 5.60. The molecule has 4 rings (SSSR count). The van der Waals surface area contributed by atoms with Crippen LogP contribution in [0.4, 0.5) is 13.2 Å². The molecule has 0 unspecified atom stereocenters. The molecular weight excluding hydrogens is 461 g/mol. The Morgan fingerprint density at radius 1 is 1.23 bits per heavy atom. The van der Waals surface area contributed by atoms with E-state index in [2.05, 4.69) is 31.2 Å². The highest BCUT2D eigenvalue weighted by Gasteiger charge is 2.37. The zero-order valence-corrected chi connectivity index (χ0v) is 18.0. The molecular formula is C20H22BrF3N6. The van der Waals surface area contributed by atoms with E-state index in [1.165, 1.54) is 0 Å². The van der Waals surface area contributed by atoms with Gasteiger partial charge in [0.05, 0.1) is 29.7 Å². The van der Waals surface area contributed by atoms with Crippen LogP contribution in [0, 0.1) is 6.92 Å². The Hall–Kier alpha value is -2.04. The summed E-state index contributed by atoms with van der Waals surface area (Å²) in [6.07, 6.45) is 3.35. The minimum Gasteiger partial charge on any atom is -0.319 e. The molecule has 160 valence electrons. The van der Waals surface area contributed by atoms with Gasteiger partial charge >= 0.3 is 6.18 Å². The molecule has 0 atom stereocenters. The molecule has 0 amide bonds. The van der Waals surface area contributed by atoms with Crippen LogP contribution in [0.5, 0.6) is 0 Å². The van der Waals surface area contributed by atoms with Crippen LogP contribution in [-0.4, -0.2) is 38.1 Å². The Balaban J connectivity index is 1.58. The quantitative estimate of drug-likeness (QED) is 0.584. The molecule has 1 aliphatic carbocycles. The number of alkyl halides is 3. The molecule has 3 aromatic heterocycles. The molecule has 0 radical (unpaired) electrons. The molecule has 30 heavy (non-hydrogen) atoms. The fraction of sp³-hybridized carbons (Fsp3) is 0.450. The summed E-state index contributed by atoms with van der Waals surface area (Å²) >= 11 is 3.48. The van der Waals surface area contributed by atoms with Crippen LogP contribution in [0.15, 0.2) is 35.2 Å². The van der Waals surface area contributed by atoms with Crippen molar-refractivity contribution in [2.75, 3.05) is 6.54 Å². The third-order valence-corrected chi connectivity index (χ3v) is 6.07. The van der Waals surface area contributed by atoms with Crippen LogP contribution in [-0.2, 0) is 5.54 Å². The standard InChI is InChI=1S/C20H22BrF3N6/c1-12-8-27-18(19(25)6-4-14(5-7-19)28-11-20(22,23)24)29-17(12)15-9-26-16-3-2-13(21)10-30(15)16/h2-3,8-10,14,28H,4-7,11,25H2,1H3. The Bertz CT molecular complexity index is 1060. The minimum atomic E-state index is -4.21. The fourth-order valence-electron chi connectivity index (χ4n) is 3.89. The van der Waals surface area contributed by atoms with Gasteiger partial charge in [0.1, 0.15) is 11.5 Å². The van der Waals surface area contributed by atoms with Crippen molar-refractivity contribution in [3.05, 3.63) is 46.6 Å². The van der Waals surface area contributed by atoms with Gasteiger partial charge in [0.15, 0.2) is 0 Å². The number of hydrogen-bond acceptors (Lipinski definition) is 5. The van der Waals surface area contributed by atoms with Crippen molar-refractivity contribution >= 4 is 21.6 Å². The van der Waals surface area contributed by atoms with E-state index in [-0.39, 0.29) is 6.04 Å². The van der Waals surface area contributed by atoms with Crippen LogP contribution in [0.25, 0.3) is 17.0 Å². The topological polar surface area (TPSA) is 81.1 Å². The monoisotopic (exact) mass is 482 g/mol. The van der Waals surface area contributed by atoms with Crippen LogP contribution in [0.2, 0.25) is 0 Å². The molecule has 3 heterocycles. The summed E-state index contributed by atoms with van der Waals surface area (Å²) in [7, 11) is 0. The highest BCUT2D eigenvalue weighted by Crippen LogP contribution is 2.35. The summed E-state index contributed by atoms with van der Waals surface area (Å²) in [5.41, 5.74) is 9.13. The van der Waals surface area contributed by atoms with Crippen molar-refractivity contribution < 1.29 is 13.2 Å². The van der Waals surface area contributed by atoms with Gasteiger partial charge in [0.2, 0.25) is 0 Å². The smallest absolute Gasteiger partial charge is 0.319 e. The van der Waals surface area contributed by atoms with Gasteiger partial charge in [-0.2, -0.15) is 13.2 Å². The number of rotatable bonds is 4. The van der Waals surface area contributed by atoms with E-state index in [1.54, 1.807) is 12.4 Å². The molecule has 3 aromatic rings. The maximum Gasteiger partial charge on any atom is 0.401 e. The van der Waals surface area contributed by atoms with E-state index in [0.717, 1.165) is 27.1 Å². The Kier molecular flexibility index (Phi) is 5.58. The third kappa shape index (κ3) is 4.35. The maximum absolute atomic E-state index is 12.5. The fourth-order valence-corrected chi connectivity index (χ4v) is 4.23. The van der Waals surface area contributed by atoms with E-state index < -0.39 is 18.3 Å². The second-order valence-electron chi connectivity index (χ2n) is 7.87. The molecule has 0 bridgehead atoms. The maximum atomic E-state index is 12.5. The molecule has 0 aromatic carbocycles. The van der Waals surface area contributed by atoms with Crippen molar-refractivity contribution in [2.24, 2.45) is 5.73 Å². The predicted octanol–water partition coefficient (Wildman–Crippen LogP) is 4.11. The van der Waals surface area contributed by atoms with Crippen molar-refractivity contribution in [3.8, 4) is 11.4 Å². The van der Waals surface area contributed by atoms with Gasteiger partial charge in [0, 0.05) is 22.9 Å². The normalized spacial score (nSPS) is 22.5. The summed E-state index contributed by atoms with van der Waals surface area (Å²) in [5, 5.41) is 2.58. The largest absolute Gasteiger partial charge is 0.401 e. The van der Waals surface area contributed by atoms with Crippen LogP contribution >= 0.6 is 15.9 Å². The summed E-state index contributed by atoms with van der Waals surface area (Å²) in [4.78, 5) is 13.7. The highest BCUT2D eigenvalue weighted by atomic mass is 79.9. The number of nitrogens with one attached hydrogen (secondary N) is 1. The van der Waals surface area contributed by atoms with Gasteiger partial charge in [-0.3, -0.25) is 4.40 Å². The van der Waals surface area contributed by atoms with Crippen molar-refractivity contribution in [2.45, 2.75) is 50.4 Å². The number of fused-ring (bicyclic) bond motifs is 1. The van der Waals surface area contributed by atoms with Gasteiger partial charge in [-0.05, 0) is 66.2 Å². The van der Waals surface area contributed by atoms with Gasteiger partial charge in [-0.25, -0.2) is 15.0 Å². The van der Waals surface area contributed by atoms with E-state index in [0.29, 0.717) is 31.5 Å². The lowest BCUT2D eigenvalue weighted by Crippen LogP contribution is -2.47. The van der Waals surface area contributed by atoms with Gasteiger partial charge in [-0.15, -0.1) is 0 Å². The van der Waals surface area contributed by atoms with Gasteiger partial charge in [0.25, 0.3) is 0 Å². The Labute approximate surface area is 180 Å². The van der Waals surface area contributed by atoms with E-state index in [9.17, 15) is 13.2 Å². The molecule has 0 spiro atoms. The average Bonchev–Trinajstić information content (AvgIpc) is 3.10. The lowest BCUT2D eigenvalue weighted by atomic mass is 9.79. The summed E-state index contributed by atoms with van der Waals surface area (Å²) in [6.45, 7) is 0.946. The molecule has 1 saturated carbocycles. The lowest BCUT2D eigenvalue weighted by Gasteiger charge is -2.36. The zero-order chi connectivity index (χ0) is 21.5. The van der Waals surface area contributed by atoms with Crippen molar-refractivity contribution in [1.82, 2.24) is 24.7 Å². The number of hydrogen-bond donors (Lipinski definition) is 2. The van der Waals surface area contributed by atoms with Crippen molar-refractivity contribution in [1.29, 1.82) is 0 Å². The molecule has 3 N–H and O–H groups in total. The number of aromatic nitrogens is 4. The Morgan fingerprint density at radius 3 is 2.67 bits per heavy atom.